The highest BCUT2D eigenvalue weighted by Crippen LogP contribution is 2.40. The van der Waals surface area contributed by atoms with Crippen molar-refractivity contribution in [3.05, 3.63) is 33.9 Å². The van der Waals surface area contributed by atoms with Crippen LogP contribution in [-0.2, 0) is 4.74 Å². The maximum absolute atomic E-state index is 11.2. The van der Waals surface area contributed by atoms with Crippen LogP contribution in [0.25, 0.3) is 0 Å². The topological polar surface area (TPSA) is 114 Å². The molecule has 1 heterocycles. The summed E-state index contributed by atoms with van der Waals surface area (Å²) in [4.78, 5) is 10.7. The van der Waals surface area contributed by atoms with E-state index in [1.54, 1.807) is 12.1 Å². The molecule has 4 unspecified atom stereocenters. The predicted octanol–water partition coefficient (Wildman–Crippen LogP) is 1.38. The van der Waals surface area contributed by atoms with Crippen molar-refractivity contribution in [3.63, 3.8) is 0 Å². The molecule has 110 valence electrons. The Morgan fingerprint density at radius 1 is 1.52 bits per heavy atom. The van der Waals surface area contributed by atoms with Gasteiger partial charge in [0.1, 0.15) is 17.3 Å². The fourth-order valence-electron chi connectivity index (χ4n) is 3.25. The second-order valence-electron chi connectivity index (χ2n) is 5.46. The normalized spacial score (nSPS) is 30.7. The lowest BCUT2D eigenvalue weighted by atomic mass is 9.68. The van der Waals surface area contributed by atoms with Crippen molar-refractivity contribution in [1.29, 1.82) is 5.26 Å². The van der Waals surface area contributed by atoms with E-state index in [9.17, 15) is 10.1 Å². The van der Waals surface area contributed by atoms with Crippen molar-refractivity contribution in [2.45, 2.75) is 31.0 Å². The summed E-state index contributed by atoms with van der Waals surface area (Å²) < 4.78 is 5.71. The van der Waals surface area contributed by atoms with Crippen LogP contribution in [0.2, 0.25) is 0 Å². The molecule has 7 nitrogen and oxygen atoms in total. The van der Waals surface area contributed by atoms with Crippen molar-refractivity contribution < 1.29 is 9.66 Å². The molecule has 1 aromatic rings. The minimum atomic E-state index is -0.537. The fraction of sp³-hybridized carbons (Fsp3) is 0.500. The molecule has 0 spiro atoms. The first-order valence-electron chi connectivity index (χ1n) is 6.94. The second kappa shape index (κ2) is 5.31. The Labute approximate surface area is 121 Å². The van der Waals surface area contributed by atoms with Crippen LogP contribution in [-0.4, -0.2) is 29.7 Å². The van der Waals surface area contributed by atoms with Crippen molar-refractivity contribution in [2.24, 2.45) is 11.7 Å². The standard InChI is InChI=1S/C14H16N4O3/c15-7-8-3-1-5-10(13(8)18(19)20)17-12-11(16)9-4-2-6-21-14(9)12/h1,3,5,9,11-12,14,17H,2,4,6,16H2. The SMILES string of the molecule is N#Cc1cccc(NC2C(N)C3CCCOC32)c1[N+](=O)[O-]. The zero-order valence-corrected chi connectivity index (χ0v) is 11.4. The van der Waals surface area contributed by atoms with Gasteiger partial charge < -0.3 is 15.8 Å². The maximum atomic E-state index is 11.2. The van der Waals surface area contributed by atoms with E-state index in [0.717, 1.165) is 12.8 Å². The van der Waals surface area contributed by atoms with Crippen LogP contribution in [0.5, 0.6) is 0 Å². The maximum Gasteiger partial charge on any atom is 0.309 e. The van der Waals surface area contributed by atoms with Crippen LogP contribution in [0.15, 0.2) is 18.2 Å². The molecule has 1 aliphatic carbocycles. The molecule has 2 aliphatic rings. The molecule has 1 saturated heterocycles. The number of nitrogens with zero attached hydrogens (tertiary/aromatic N) is 2. The predicted molar refractivity (Wildman–Crippen MR) is 75.7 cm³/mol. The van der Waals surface area contributed by atoms with E-state index < -0.39 is 4.92 Å². The Kier molecular flexibility index (Phi) is 3.49. The Bertz CT molecular complexity index is 613. The quantitative estimate of drug-likeness (QED) is 0.641. The van der Waals surface area contributed by atoms with Crippen LogP contribution in [0.1, 0.15) is 18.4 Å². The van der Waals surface area contributed by atoms with Gasteiger partial charge in [0, 0.05) is 18.6 Å². The fourth-order valence-corrected chi connectivity index (χ4v) is 3.25. The van der Waals surface area contributed by atoms with Gasteiger partial charge in [-0.3, -0.25) is 10.1 Å². The molecular weight excluding hydrogens is 272 g/mol. The van der Waals surface area contributed by atoms with Gasteiger partial charge in [0.05, 0.1) is 17.1 Å². The van der Waals surface area contributed by atoms with Crippen molar-refractivity contribution in [1.82, 2.24) is 0 Å². The third-order valence-electron chi connectivity index (χ3n) is 4.34. The first-order chi connectivity index (χ1) is 10.1. The molecule has 3 N–H and O–H groups in total. The average molecular weight is 288 g/mol. The van der Waals surface area contributed by atoms with Crippen LogP contribution in [0.3, 0.4) is 0 Å². The Hall–Kier alpha value is -2.17. The summed E-state index contributed by atoms with van der Waals surface area (Å²) >= 11 is 0. The summed E-state index contributed by atoms with van der Waals surface area (Å²) in [5.41, 5.74) is 6.31. The number of ether oxygens (including phenoxy) is 1. The van der Waals surface area contributed by atoms with Gasteiger partial charge in [0.2, 0.25) is 0 Å². The summed E-state index contributed by atoms with van der Waals surface area (Å²) in [5.74, 6) is 0.314. The van der Waals surface area contributed by atoms with Gasteiger partial charge >= 0.3 is 5.69 Å². The van der Waals surface area contributed by atoms with E-state index >= 15 is 0 Å². The number of hydrogen-bond donors (Lipinski definition) is 2. The molecule has 0 bridgehead atoms. The second-order valence-corrected chi connectivity index (χ2v) is 5.46. The van der Waals surface area contributed by atoms with E-state index in [1.807, 2.05) is 6.07 Å². The molecule has 21 heavy (non-hydrogen) atoms. The zero-order valence-electron chi connectivity index (χ0n) is 11.4. The molecule has 0 amide bonds. The number of rotatable bonds is 3. The number of benzene rings is 1. The van der Waals surface area contributed by atoms with E-state index in [4.69, 9.17) is 15.7 Å². The number of nitrogens with two attached hydrogens (primary N) is 1. The number of nitro groups is 1. The van der Waals surface area contributed by atoms with Gasteiger partial charge in [-0.1, -0.05) is 6.07 Å². The summed E-state index contributed by atoms with van der Waals surface area (Å²) in [6, 6.07) is 6.27. The van der Waals surface area contributed by atoms with Crippen LogP contribution in [0.4, 0.5) is 11.4 Å². The molecule has 2 fully saturated rings. The smallest absolute Gasteiger partial charge is 0.309 e. The number of nitriles is 1. The monoisotopic (exact) mass is 288 g/mol. The third kappa shape index (κ3) is 2.22. The van der Waals surface area contributed by atoms with E-state index in [-0.39, 0.29) is 29.4 Å². The van der Waals surface area contributed by atoms with Gasteiger partial charge in [-0.15, -0.1) is 0 Å². The van der Waals surface area contributed by atoms with Gasteiger partial charge in [0.15, 0.2) is 0 Å². The number of hydrogen-bond acceptors (Lipinski definition) is 6. The van der Waals surface area contributed by atoms with Crippen LogP contribution in [0, 0.1) is 27.4 Å². The molecule has 0 aromatic heterocycles. The number of fused-ring (bicyclic) bond motifs is 1. The summed E-state index contributed by atoms with van der Waals surface area (Å²) in [6.07, 6.45) is 2.04. The van der Waals surface area contributed by atoms with Crippen LogP contribution < -0.4 is 11.1 Å². The Morgan fingerprint density at radius 2 is 2.33 bits per heavy atom. The van der Waals surface area contributed by atoms with Crippen molar-refractivity contribution >= 4 is 11.4 Å². The van der Waals surface area contributed by atoms with Gasteiger partial charge in [0.25, 0.3) is 0 Å². The minimum Gasteiger partial charge on any atom is -0.376 e. The highest BCUT2D eigenvalue weighted by molar-refractivity contribution is 5.69. The highest BCUT2D eigenvalue weighted by atomic mass is 16.6. The Balaban J connectivity index is 1.86. The molecule has 3 rings (SSSR count). The van der Waals surface area contributed by atoms with Gasteiger partial charge in [-0.25, -0.2) is 0 Å². The van der Waals surface area contributed by atoms with E-state index in [2.05, 4.69) is 5.32 Å². The number of nitrogens with one attached hydrogen (secondary N) is 1. The number of para-hydroxylation sites is 1. The lowest BCUT2D eigenvalue weighted by Crippen LogP contribution is -2.69. The molecule has 1 aromatic carbocycles. The Morgan fingerprint density at radius 3 is 3.05 bits per heavy atom. The number of anilines is 1. The summed E-state index contributed by atoms with van der Waals surface area (Å²) in [7, 11) is 0. The van der Waals surface area contributed by atoms with E-state index in [1.165, 1.54) is 6.07 Å². The highest BCUT2D eigenvalue weighted by Gasteiger charge is 2.50. The van der Waals surface area contributed by atoms with Gasteiger partial charge in [-0.05, 0) is 25.0 Å². The molecule has 1 aliphatic heterocycles. The molecular formula is C14H16N4O3. The van der Waals surface area contributed by atoms with Crippen molar-refractivity contribution in [2.75, 3.05) is 11.9 Å². The first kappa shape index (κ1) is 13.8. The minimum absolute atomic E-state index is 0.000837. The number of nitro benzene ring substituents is 1. The van der Waals surface area contributed by atoms with E-state index in [0.29, 0.717) is 18.2 Å². The van der Waals surface area contributed by atoms with Crippen LogP contribution >= 0.6 is 0 Å². The molecule has 7 heteroatoms. The molecule has 1 saturated carbocycles. The summed E-state index contributed by atoms with van der Waals surface area (Å²) in [6.45, 7) is 0.701. The first-order valence-corrected chi connectivity index (χ1v) is 6.94. The lowest BCUT2D eigenvalue weighted by Gasteiger charge is -2.52. The molecule has 0 radical (unpaired) electrons. The summed E-state index contributed by atoms with van der Waals surface area (Å²) in [5, 5.41) is 23.3. The zero-order chi connectivity index (χ0) is 15.0. The third-order valence-corrected chi connectivity index (χ3v) is 4.34. The molecule has 4 atom stereocenters. The lowest BCUT2D eigenvalue weighted by molar-refractivity contribution is -0.384. The average Bonchev–Trinajstić information content (AvgIpc) is 2.51. The van der Waals surface area contributed by atoms with Gasteiger partial charge in [-0.2, -0.15) is 5.26 Å². The largest absolute Gasteiger partial charge is 0.376 e. The van der Waals surface area contributed by atoms with Crippen molar-refractivity contribution in [3.8, 4) is 6.07 Å².